The lowest BCUT2D eigenvalue weighted by atomic mass is 10.1. The summed E-state index contributed by atoms with van der Waals surface area (Å²) in [7, 11) is 0. The molecule has 2 aromatic rings. The Labute approximate surface area is 131 Å². The first kappa shape index (κ1) is 13.8. The summed E-state index contributed by atoms with van der Waals surface area (Å²) in [5, 5.41) is 0. The first-order valence-corrected chi connectivity index (χ1v) is 7.44. The molecular formula is C18H13BrO2. The molecule has 104 valence electrons. The Kier molecular flexibility index (Phi) is 4.02. The Morgan fingerprint density at radius 2 is 1.71 bits per heavy atom. The number of carbonyl (C=O) groups is 1. The van der Waals surface area contributed by atoms with E-state index in [0.717, 1.165) is 15.6 Å². The van der Waals surface area contributed by atoms with E-state index >= 15 is 0 Å². The van der Waals surface area contributed by atoms with Gasteiger partial charge in [0.15, 0.2) is 0 Å². The Bertz CT molecular complexity index is 713. The van der Waals surface area contributed by atoms with Crippen LogP contribution >= 0.6 is 15.9 Å². The molecule has 0 aromatic heterocycles. The van der Waals surface area contributed by atoms with E-state index in [0.29, 0.717) is 17.8 Å². The Hall–Kier alpha value is -2.13. The predicted octanol–water partition coefficient (Wildman–Crippen LogP) is 4.52. The zero-order valence-electron chi connectivity index (χ0n) is 11.3. The van der Waals surface area contributed by atoms with E-state index in [-0.39, 0.29) is 5.97 Å². The predicted molar refractivity (Wildman–Crippen MR) is 86.4 cm³/mol. The Balaban J connectivity index is 1.79. The number of rotatable bonds is 3. The summed E-state index contributed by atoms with van der Waals surface area (Å²) in [6.07, 6.45) is 4.27. The molecule has 2 nitrogen and oxygen atoms in total. The minimum atomic E-state index is -0.264. The van der Waals surface area contributed by atoms with E-state index in [1.54, 1.807) is 0 Å². The Morgan fingerprint density at radius 1 is 1.00 bits per heavy atom. The van der Waals surface area contributed by atoms with Crippen LogP contribution in [-0.2, 0) is 16.0 Å². The van der Waals surface area contributed by atoms with Crippen molar-refractivity contribution in [2.45, 2.75) is 6.42 Å². The van der Waals surface area contributed by atoms with E-state index in [9.17, 15) is 4.79 Å². The number of hydrogen-bond acceptors (Lipinski definition) is 2. The molecule has 1 aliphatic heterocycles. The largest absolute Gasteiger partial charge is 0.423 e. The molecule has 21 heavy (non-hydrogen) atoms. The van der Waals surface area contributed by atoms with Gasteiger partial charge in [-0.05, 0) is 35.4 Å². The van der Waals surface area contributed by atoms with Gasteiger partial charge in [0, 0.05) is 16.5 Å². The first-order valence-electron chi connectivity index (χ1n) is 6.65. The maximum atomic E-state index is 11.9. The number of halogens is 1. The smallest absolute Gasteiger partial charge is 0.339 e. The molecule has 0 amide bonds. The zero-order chi connectivity index (χ0) is 14.7. The number of esters is 1. The van der Waals surface area contributed by atoms with E-state index in [2.05, 4.69) is 15.9 Å². The van der Waals surface area contributed by atoms with Crippen LogP contribution in [0.15, 0.2) is 76.5 Å². The van der Waals surface area contributed by atoms with Gasteiger partial charge in [-0.15, -0.1) is 0 Å². The van der Waals surface area contributed by atoms with Crippen LogP contribution in [0.25, 0.3) is 6.08 Å². The maximum Gasteiger partial charge on any atom is 0.339 e. The molecule has 0 bridgehead atoms. The third kappa shape index (κ3) is 3.50. The van der Waals surface area contributed by atoms with Gasteiger partial charge in [0.25, 0.3) is 0 Å². The summed E-state index contributed by atoms with van der Waals surface area (Å²) >= 11 is 3.40. The molecule has 3 rings (SSSR count). The topological polar surface area (TPSA) is 26.3 Å². The van der Waals surface area contributed by atoms with Gasteiger partial charge in [0.1, 0.15) is 5.76 Å². The molecule has 0 N–H and O–H groups in total. The summed E-state index contributed by atoms with van der Waals surface area (Å²) in [6.45, 7) is 0. The van der Waals surface area contributed by atoms with Crippen molar-refractivity contribution in [1.29, 1.82) is 0 Å². The van der Waals surface area contributed by atoms with Gasteiger partial charge in [-0.1, -0.05) is 58.4 Å². The summed E-state index contributed by atoms with van der Waals surface area (Å²) in [4.78, 5) is 11.9. The Morgan fingerprint density at radius 3 is 2.43 bits per heavy atom. The fourth-order valence-corrected chi connectivity index (χ4v) is 2.43. The average Bonchev–Trinajstić information content (AvgIpc) is 2.82. The van der Waals surface area contributed by atoms with E-state index in [1.807, 2.05) is 66.7 Å². The number of cyclic esters (lactones) is 1. The van der Waals surface area contributed by atoms with Crippen molar-refractivity contribution in [3.8, 4) is 0 Å². The van der Waals surface area contributed by atoms with Gasteiger partial charge in [0.2, 0.25) is 0 Å². The van der Waals surface area contributed by atoms with Crippen molar-refractivity contribution in [2.24, 2.45) is 0 Å². The molecule has 0 fully saturated rings. The van der Waals surface area contributed by atoms with Crippen LogP contribution in [0.3, 0.4) is 0 Å². The fraction of sp³-hybridized carbons (Fsp3) is 0.0556. The number of allylic oxidation sites excluding steroid dienone is 1. The SMILES string of the molecule is O=C1O/C(=C\c2ccccc2)C=C1Cc1ccc(Br)cc1. The second-order valence-corrected chi connectivity index (χ2v) is 5.74. The van der Waals surface area contributed by atoms with Crippen LogP contribution in [0, 0.1) is 0 Å². The van der Waals surface area contributed by atoms with Gasteiger partial charge in [-0.25, -0.2) is 4.79 Å². The van der Waals surface area contributed by atoms with Crippen LogP contribution in [0.1, 0.15) is 11.1 Å². The molecule has 2 aromatic carbocycles. The lowest BCUT2D eigenvalue weighted by Gasteiger charge is -2.00. The summed E-state index contributed by atoms with van der Waals surface area (Å²) in [5.41, 5.74) is 2.78. The summed E-state index contributed by atoms with van der Waals surface area (Å²) in [6, 6.07) is 17.7. The van der Waals surface area contributed by atoms with Gasteiger partial charge in [-0.3, -0.25) is 0 Å². The highest BCUT2D eigenvalue weighted by Crippen LogP contribution is 2.23. The van der Waals surface area contributed by atoms with E-state index in [1.165, 1.54) is 0 Å². The van der Waals surface area contributed by atoms with Crippen molar-refractivity contribution in [2.75, 3.05) is 0 Å². The standard InChI is InChI=1S/C18H13BrO2/c19-16-8-6-14(7-9-16)10-15-12-17(21-18(15)20)11-13-4-2-1-3-5-13/h1-9,11-12H,10H2/b17-11-. The van der Waals surface area contributed by atoms with Gasteiger partial charge >= 0.3 is 5.97 Å². The molecule has 0 saturated heterocycles. The highest BCUT2D eigenvalue weighted by molar-refractivity contribution is 9.10. The molecule has 0 aliphatic carbocycles. The molecule has 0 radical (unpaired) electrons. The van der Waals surface area contributed by atoms with Gasteiger partial charge in [0.05, 0.1) is 0 Å². The highest BCUT2D eigenvalue weighted by Gasteiger charge is 2.21. The van der Waals surface area contributed by atoms with Crippen LogP contribution < -0.4 is 0 Å². The minimum absolute atomic E-state index is 0.264. The van der Waals surface area contributed by atoms with Crippen LogP contribution in [0.2, 0.25) is 0 Å². The molecule has 1 aliphatic rings. The monoisotopic (exact) mass is 340 g/mol. The normalized spacial score (nSPS) is 16.0. The number of hydrogen-bond donors (Lipinski definition) is 0. The van der Waals surface area contributed by atoms with Crippen molar-refractivity contribution in [3.63, 3.8) is 0 Å². The van der Waals surface area contributed by atoms with E-state index < -0.39 is 0 Å². The lowest BCUT2D eigenvalue weighted by Crippen LogP contribution is -2.01. The van der Waals surface area contributed by atoms with Crippen molar-refractivity contribution in [1.82, 2.24) is 0 Å². The highest BCUT2D eigenvalue weighted by atomic mass is 79.9. The molecule has 0 spiro atoms. The van der Waals surface area contributed by atoms with Crippen LogP contribution in [-0.4, -0.2) is 5.97 Å². The zero-order valence-corrected chi connectivity index (χ0v) is 12.8. The van der Waals surface area contributed by atoms with Crippen LogP contribution in [0.5, 0.6) is 0 Å². The summed E-state index contributed by atoms with van der Waals surface area (Å²) in [5.74, 6) is 0.332. The van der Waals surface area contributed by atoms with Crippen molar-refractivity contribution < 1.29 is 9.53 Å². The maximum absolute atomic E-state index is 11.9. The third-order valence-corrected chi connectivity index (χ3v) is 3.73. The quantitative estimate of drug-likeness (QED) is 0.768. The van der Waals surface area contributed by atoms with Crippen molar-refractivity contribution in [3.05, 3.63) is 87.6 Å². The molecule has 0 unspecified atom stereocenters. The van der Waals surface area contributed by atoms with E-state index in [4.69, 9.17) is 4.74 Å². The van der Waals surface area contributed by atoms with Crippen molar-refractivity contribution >= 4 is 28.0 Å². The van der Waals surface area contributed by atoms with Crippen LogP contribution in [0.4, 0.5) is 0 Å². The summed E-state index contributed by atoms with van der Waals surface area (Å²) < 4.78 is 6.32. The molecule has 0 saturated carbocycles. The van der Waals surface area contributed by atoms with Gasteiger partial charge in [-0.2, -0.15) is 0 Å². The number of ether oxygens (including phenoxy) is 1. The average molecular weight is 341 g/mol. The minimum Gasteiger partial charge on any atom is -0.423 e. The second-order valence-electron chi connectivity index (χ2n) is 4.82. The third-order valence-electron chi connectivity index (χ3n) is 3.21. The molecule has 0 atom stereocenters. The molecular weight excluding hydrogens is 328 g/mol. The molecule has 1 heterocycles. The lowest BCUT2D eigenvalue weighted by molar-refractivity contribution is -0.133. The van der Waals surface area contributed by atoms with Gasteiger partial charge < -0.3 is 4.74 Å². The second kappa shape index (κ2) is 6.10. The number of benzene rings is 2. The molecule has 3 heteroatoms. The first-order chi connectivity index (χ1) is 10.2. The number of carbonyl (C=O) groups excluding carboxylic acids is 1. The fourth-order valence-electron chi connectivity index (χ4n) is 2.16.